The molecule has 1 unspecified atom stereocenters. The van der Waals surface area contributed by atoms with Crippen molar-refractivity contribution in [1.82, 2.24) is 20.8 Å². The van der Waals surface area contributed by atoms with E-state index in [1.807, 2.05) is 6.92 Å². The van der Waals surface area contributed by atoms with Crippen LogP contribution in [-0.4, -0.2) is 28.6 Å². The number of aryl methyl sites for hydroxylation is 1. The number of nitrogens with one attached hydrogen (secondary N) is 2. The van der Waals surface area contributed by atoms with E-state index >= 15 is 0 Å². The monoisotopic (exact) mass is 255 g/mol. The minimum atomic E-state index is -0.749. The molecule has 1 atom stereocenters. The van der Waals surface area contributed by atoms with Gasteiger partial charge < -0.3 is 20.9 Å². The predicted molar refractivity (Wildman–Crippen MR) is 62.4 cm³/mol. The van der Waals surface area contributed by atoms with Gasteiger partial charge in [-0.25, -0.2) is 4.79 Å². The van der Waals surface area contributed by atoms with Crippen molar-refractivity contribution in [2.24, 2.45) is 5.73 Å². The first kappa shape index (κ1) is 13.9. The number of rotatable bonds is 6. The number of nitrogens with zero attached hydrogens (tertiary/aromatic N) is 2. The summed E-state index contributed by atoms with van der Waals surface area (Å²) in [4.78, 5) is 26.0. The van der Waals surface area contributed by atoms with Crippen LogP contribution in [0.2, 0.25) is 0 Å². The molecule has 0 bridgehead atoms. The Morgan fingerprint density at radius 2 is 2.22 bits per heavy atom. The minimum absolute atomic E-state index is 0.185. The lowest BCUT2D eigenvalue weighted by molar-refractivity contribution is -0.120. The van der Waals surface area contributed by atoms with Gasteiger partial charge in [-0.1, -0.05) is 12.1 Å². The summed E-state index contributed by atoms with van der Waals surface area (Å²) in [7, 11) is 0. The Bertz CT molecular complexity index is 417. The maximum absolute atomic E-state index is 11.4. The quantitative estimate of drug-likeness (QED) is 0.653. The first-order valence-corrected chi connectivity index (χ1v) is 5.68. The fourth-order valence-corrected chi connectivity index (χ4v) is 1.29. The summed E-state index contributed by atoms with van der Waals surface area (Å²) >= 11 is 0. The summed E-state index contributed by atoms with van der Waals surface area (Å²) in [6.07, 6.45) is 1.65. The molecule has 1 aromatic heterocycles. The largest absolute Gasteiger partial charge is 0.352 e. The van der Waals surface area contributed by atoms with Crippen LogP contribution in [0.1, 0.15) is 38.0 Å². The van der Waals surface area contributed by atoms with Gasteiger partial charge in [0.15, 0.2) is 5.82 Å². The molecule has 1 aromatic rings. The van der Waals surface area contributed by atoms with Crippen LogP contribution in [0, 0.1) is 0 Å². The maximum atomic E-state index is 11.4. The lowest BCUT2D eigenvalue weighted by Crippen LogP contribution is -2.40. The smallest absolute Gasteiger partial charge is 0.312 e. The van der Waals surface area contributed by atoms with Gasteiger partial charge in [-0.15, -0.1) is 0 Å². The van der Waals surface area contributed by atoms with E-state index in [1.165, 1.54) is 0 Å². The van der Waals surface area contributed by atoms with Crippen LogP contribution in [0.5, 0.6) is 0 Å². The molecule has 8 nitrogen and oxygen atoms in total. The highest BCUT2D eigenvalue weighted by Crippen LogP contribution is 2.09. The molecule has 0 saturated carbocycles. The molecular formula is C10H17N5O3. The molecule has 8 heteroatoms. The third-order valence-electron chi connectivity index (χ3n) is 2.13. The third kappa shape index (κ3) is 4.40. The number of hydrogen-bond donors (Lipinski definition) is 3. The van der Waals surface area contributed by atoms with Gasteiger partial charge in [-0.05, 0) is 13.3 Å². The van der Waals surface area contributed by atoms with Crippen molar-refractivity contribution in [3.63, 3.8) is 0 Å². The maximum Gasteiger partial charge on any atom is 0.312 e. The Morgan fingerprint density at radius 3 is 2.83 bits per heavy atom. The van der Waals surface area contributed by atoms with E-state index in [-0.39, 0.29) is 12.5 Å². The standard InChI is InChI=1S/C10H17N5O3/c1-3-4-7-14-9(18-15-7)6(2)13-8(16)5-12-10(11)17/h6H,3-5H2,1-2H3,(H,13,16)(H3,11,12,17). The highest BCUT2D eigenvalue weighted by Gasteiger charge is 2.16. The number of carbonyl (C=O) groups excluding carboxylic acids is 2. The molecule has 1 heterocycles. The van der Waals surface area contributed by atoms with Crippen molar-refractivity contribution < 1.29 is 14.1 Å². The normalized spacial score (nSPS) is 11.9. The summed E-state index contributed by atoms with van der Waals surface area (Å²) in [5.74, 6) is 0.575. The SMILES string of the molecule is CCCc1noc(C(C)NC(=O)CNC(N)=O)n1. The number of primary amides is 1. The van der Waals surface area contributed by atoms with Crippen LogP contribution in [0.4, 0.5) is 4.79 Å². The van der Waals surface area contributed by atoms with Crippen molar-refractivity contribution in [3.05, 3.63) is 11.7 Å². The van der Waals surface area contributed by atoms with Gasteiger partial charge in [0, 0.05) is 6.42 Å². The van der Waals surface area contributed by atoms with Gasteiger partial charge in [0.05, 0.1) is 6.54 Å². The minimum Gasteiger partial charge on any atom is -0.352 e. The van der Waals surface area contributed by atoms with Gasteiger partial charge in [0.1, 0.15) is 6.04 Å². The van der Waals surface area contributed by atoms with E-state index in [0.717, 1.165) is 12.8 Å². The number of urea groups is 1. The second-order valence-electron chi connectivity index (χ2n) is 3.81. The number of aromatic nitrogens is 2. The van der Waals surface area contributed by atoms with Crippen molar-refractivity contribution in [2.45, 2.75) is 32.7 Å². The van der Waals surface area contributed by atoms with E-state index in [9.17, 15) is 9.59 Å². The molecule has 0 spiro atoms. The van der Waals surface area contributed by atoms with E-state index in [2.05, 4.69) is 20.8 Å². The average Bonchev–Trinajstić information content (AvgIpc) is 2.75. The topological polar surface area (TPSA) is 123 Å². The molecule has 18 heavy (non-hydrogen) atoms. The zero-order chi connectivity index (χ0) is 13.5. The van der Waals surface area contributed by atoms with Crippen molar-refractivity contribution in [3.8, 4) is 0 Å². The van der Waals surface area contributed by atoms with Crippen LogP contribution >= 0.6 is 0 Å². The number of nitrogens with two attached hydrogens (primary N) is 1. The Hall–Kier alpha value is -2.12. The summed E-state index contributed by atoms with van der Waals surface area (Å²) < 4.78 is 5.02. The Kier molecular flexibility index (Phi) is 5.09. The van der Waals surface area contributed by atoms with Crippen LogP contribution in [0.15, 0.2) is 4.52 Å². The van der Waals surface area contributed by atoms with E-state index in [0.29, 0.717) is 11.7 Å². The summed E-state index contributed by atoms with van der Waals surface area (Å²) in [6, 6.07) is -1.16. The highest BCUT2D eigenvalue weighted by molar-refractivity contribution is 5.83. The Labute approximate surface area is 104 Å². The van der Waals surface area contributed by atoms with E-state index in [4.69, 9.17) is 10.3 Å². The molecular weight excluding hydrogens is 238 g/mol. The molecule has 100 valence electrons. The highest BCUT2D eigenvalue weighted by atomic mass is 16.5. The zero-order valence-electron chi connectivity index (χ0n) is 10.4. The van der Waals surface area contributed by atoms with Gasteiger partial charge in [-0.3, -0.25) is 4.79 Å². The van der Waals surface area contributed by atoms with Gasteiger partial charge in [0.25, 0.3) is 0 Å². The van der Waals surface area contributed by atoms with Crippen molar-refractivity contribution in [1.29, 1.82) is 0 Å². The molecule has 3 amide bonds. The molecule has 0 fully saturated rings. The summed E-state index contributed by atoms with van der Waals surface area (Å²) in [5, 5.41) is 8.57. The fraction of sp³-hybridized carbons (Fsp3) is 0.600. The van der Waals surface area contributed by atoms with Gasteiger partial charge in [0.2, 0.25) is 11.8 Å². The van der Waals surface area contributed by atoms with Crippen LogP contribution < -0.4 is 16.4 Å². The van der Waals surface area contributed by atoms with Crippen LogP contribution in [0.25, 0.3) is 0 Å². The molecule has 4 N–H and O–H groups in total. The number of hydrogen-bond acceptors (Lipinski definition) is 5. The molecule has 0 aliphatic carbocycles. The number of amides is 3. The fourth-order valence-electron chi connectivity index (χ4n) is 1.29. The number of carbonyl (C=O) groups is 2. The third-order valence-corrected chi connectivity index (χ3v) is 2.13. The van der Waals surface area contributed by atoms with Crippen LogP contribution in [-0.2, 0) is 11.2 Å². The molecule has 0 radical (unpaired) electrons. The Morgan fingerprint density at radius 1 is 1.50 bits per heavy atom. The van der Waals surface area contributed by atoms with Crippen molar-refractivity contribution >= 4 is 11.9 Å². The Balaban J connectivity index is 2.45. The van der Waals surface area contributed by atoms with Crippen molar-refractivity contribution in [2.75, 3.05) is 6.54 Å². The summed E-state index contributed by atoms with van der Waals surface area (Å²) in [5.41, 5.74) is 4.85. The van der Waals surface area contributed by atoms with E-state index < -0.39 is 12.1 Å². The van der Waals surface area contributed by atoms with Gasteiger partial charge in [-0.2, -0.15) is 4.98 Å². The first-order valence-electron chi connectivity index (χ1n) is 5.68. The van der Waals surface area contributed by atoms with E-state index in [1.54, 1.807) is 6.92 Å². The lowest BCUT2D eigenvalue weighted by atomic mass is 10.3. The predicted octanol–water partition coefficient (Wildman–Crippen LogP) is -0.132. The molecule has 1 rings (SSSR count). The molecule has 0 aliphatic heterocycles. The lowest BCUT2D eigenvalue weighted by Gasteiger charge is -2.09. The average molecular weight is 255 g/mol. The zero-order valence-corrected chi connectivity index (χ0v) is 10.4. The molecule has 0 saturated heterocycles. The summed E-state index contributed by atoms with van der Waals surface area (Å²) in [6.45, 7) is 3.54. The first-order chi connectivity index (χ1) is 8.52. The molecule has 0 aliphatic rings. The molecule has 0 aromatic carbocycles. The van der Waals surface area contributed by atoms with Crippen LogP contribution in [0.3, 0.4) is 0 Å². The van der Waals surface area contributed by atoms with Gasteiger partial charge >= 0.3 is 6.03 Å². The second kappa shape index (κ2) is 6.58. The second-order valence-corrected chi connectivity index (χ2v) is 3.81.